The van der Waals surface area contributed by atoms with Crippen LogP contribution in [0.5, 0.6) is 0 Å². The summed E-state index contributed by atoms with van der Waals surface area (Å²) in [5, 5.41) is 14.2. The summed E-state index contributed by atoms with van der Waals surface area (Å²) < 4.78 is 30.4. The highest BCUT2D eigenvalue weighted by molar-refractivity contribution is 8.00. The molecule has 5 rings (SSSR count). The van der Waals surface area contributed by atoms with Crippen molar-refractivity contribution < 1.29 is 18.8 Å². The highest BCUT2D eigenvalue weighted by atomic mass is 32.2. The van der Waals surface area contributed by atoms with E-state index >= 15 is 0 Å². The predicted octanol–water partition coefficient (Wildman–Crippen LogP) is 6.29. The molecule has 0 heterocycles. The molecule has 1 aliphatic carbocycles. The van der Waals surface area contributed by atoms with Crippen molar-refractivity contribution in [3.05, 3.63) is 144 Å². The molecule has 218 valence electrons. The van der Waals surface area contributed by atoms with E-state index in [2.05, 4.69) is 4.72 Å². The number of nitrogens with one attached hydrogen (secondary N) is 1. The highest BCUT2D eigenvalue weighted by Crippen LogP contribution is 2.37. The SMILES string of the molecule is CNS(=O)(=CC(O)(CSc1ccccc1)C1=CCC(OCc2ccccc2)C1OCc1ccccc1)c1ccccc1. The van der Waals surface area contributed by atoms with Crippen LogP contribution in [0, 0.1) is 0 Å². The zero-order valence-electron chi connectivity index (χ0n) is 23.7. The van der Waals surface area contributed by atoms with Crippen LogP contribution < -0.4 is 4.72 Å². The van der Waals surface area contributed by atoms with Gasteiger partial charge in [0.15, 0.2) is 0 Å². The first-order chi connectivity index (χ1) is 20.5. The van der Waals surface area contributed by atoms with E-state index in [0.29, 0.717) is 30.1 Å². The van der Waals surface area contributed by atoms with E-state index in [1.165, 1.54) is 11.8 Å². The summed E-state index contributed by atoms with van der Waals surface area (Å²) in [5.41, 5.74) is 1.19. The normalized spacial score (nSPS) is 19.4. The Balaban J connectivity index is 1.51. The third-order valence-corrected chi connectivity index (χ3v) is 10.7. The van der Waals surface area contributed by atoms with Gasteiger partial charge >= 0.3 is 0 Å². The topological polar surface area (TPSA) is 67.8 Å². The lowest BCUT2D eigenvalue weighted by Crippen LogP contribution is -2.46. The molecular formula is C35H37NO4S2. The molecule has 0 radical (unpaired) electrons. The molecule has 4 aromatic carbocycles. The molecule has 4 atom stereocenters. The van der Waals surface area contributed by atoms with Crippen molar-refractivity contribution in [2.24, 2.45) is 0 Å². The number of ether oxygens (including phenoxy) is 2. The van der Waals surface area contributed by atoms with Gasteiger partial charge in [-0.2, -0.15) is 0 Å². The highest BCUT2D eigenvalue weighted by Gasteiger charge is 2.43. The first-order valence-electron chi connectivity index (χ1n) is 14.0. The van der Waals surface area contributed by atoms with Crippen molar-refractivity contribution in [2.75, 3.05) is 12.8 Å². The zero-order chi connectivity index (χ0) is 29.3. The van der Waals surface area contributed by atoms with Crippen LogP contribution in [0.2, 0.25) is 0 Å². The van der Waals surface area contributed by atoms with Crippen molar-refractivity contribution in [1.82, 2.24) is 4.72 Å². The monoisotopic (exact) mass is 599 g/mol. The number of thioether (sulfide) groups is 1. The molecule has 7 heteroatoms. The van der Waals surface area contributed by atoms with Gasteiger partial charge < -0.3 is 14.6 Å². The second-order valence-corrected chi connectivity index (χ2v) is 13.6. The van der Waals surface area contributed by atoms with E-state index in [4.69, 9.17) is 9.47 Å². The quantitative estimate of drug-likeness (QED) is 0.107. The summed E-state index contributed by atoms with van der Waals surface area (Å²) >= 11 is 1.52. The van der Waals surface area contributed by atoms with E-state index < -0.39 is 21.4 Å². The molecule has 0 spiro atoms. The molecular weight excluding hydrogens is 563 g/mol. The predicted molar refractivity (Wildman–Crippen MR) is 173 cm³/mol. The summed E-state index contributed by atoms with van der Waals surface area (Å²) in [6.07, 6.45) is 1.73. The van der Waals surface area contributed by atoms with Crippen LogP contribution in [0.3, 0.4) is 0 Å². The molecule has 4 aromatic rings. The van der Waals surface area contributed by atoms with Gasteiger partial charge in [0.2, 0.25) is 0 Å². The van der Waals surface area contributed by atoms with Crippen molar-refractivity contribution in [2.45, 2.75) is 47.2 Å². The van der Waals surface area contributed by atoms with E-state index in [1.54, 1.807) is 12.4 Å². The fraction of sp³-hybridized carbons (Fsp3) is 0.229. The third-order valence-electron chi connectivity index (χ3n) is 7.25. The second-order valence-electron chi connectivity index (χ2n) is 10.2. The summed E-state index contributed by atoms with van der Waals surface area (Å²) in [4.78, 5) is 1.62. The molecule has 0 bridgehead atoms. The molecule has 0 aliphatic heterocycles. The van der Waals surface area contributed by atoms with Crippen LogP contribution in [0.25, 0.3) is 0 Å². The van der Waals surface area contributed by atoms with Crippen molar-refractivity contribution >= 4 is 26.8 Å². The maximum absolute atomic E-state index is 14.4. The Kier molecular flexibility index (Phi) is 10.3. The largest absolute Gasteiger partial charge is 0.380 e. The van der Waals surface area contributed by atoms with Crippen molar-refractivity contribution in [3.8, 4) is 0 Å². The molecule has 0 amide bonds. The molecule has 2 N–H and O–H groups in total. The number of benzene rings is 4. The first kappa shape index (κ1) is 30.3. The van der Waals surface area contributed by atoms with Crippen LogP contribution in [-0.4, -0.2) is 45.3 Å². The van der Waals surface area contributed by atoms with Crippen LogP contribution in [0.15, 0.2) is 143 Å². The minimum atomic E-state index is -2.94. The summed E-state index contributed by atoms with van der Waals surface area (Å²) in [6.45, 7) is 0.784. The van der Waals surface area contributed by atoms with Gasteiger partial charge in [0.25, 0.3) is 0 Å². The minimum Gasteiger partial charge on any atom is -0.380 e. The Morgan fingerprint density at radius 2 is 1.36 bits per heavy atom. The Morgan fingerprint density at radius 1 is 0.833 bits per heavy atom. The van der Waals surface area contributed by atoms with Crippen LogP contribution in [-0.2, 0) is 32.4 Å². The van der Waals surface area contributed by atoms with Gasteiger partial charge in [0.1, 0.15) is 11.7 Å². The first-order valence-corrected chi connectivity index (χ1v) is 16.7. The maximum Gasteiger partial charge on any atom is 0.125 e. The Morgan fingerprint density at radius 3 is 1.93 bits per heavy atom. The summed E-state index contributed by atoms with van der Waals surface area (Å²) in [6, 6.07) is 39.2. The fourth-order valence-electron chi connectivity index (χ4n) is 5.03. The standard InChI is InChI=1S/C35H37NO4S2/c1-36-42(38,31-20-12-5-13-21-31)27-35(37,26-41-30-18-10-4-11-19-30)32-22-23-33(39-24-28-14-6-2-7-15-28)34(32)40-25-29-16-8-3-9-17-29/h2-22,27,33-34,37H,23-26H2,1H3,(H,36,38). The Labute approximate surface area is 253 Å². The Bertz CT molecular complexity index is 1560. The zero-order valence-corrected chi connectivity index (χ0v) is 25.3. The van der Waals surface area contributed by atoms with Crippen molar-refractivity contribution in [3.63, 3.8) is 0 Å². The summed E-state index contributed by atoms with van der Waals surface area (Å²) in [7, 11) is -1.28. The third kappa shape index (κ3) is 7.61. The van der Waals surface area contributed by atoms with E-state index in [0.717, 1.165) is 16.0 Å². The van der Waals surface area contributed by atoms with Gasteiger partial charge in [-0.3, -0.25) is 0 Å². The average molecular weight is 600 g/mol. The van der Waals surface area contributed by atoms with Crippen molar-refractivity contribution in [1.29, 1.82) is 0 Å². The van der Waals surface area contributed by atoms with Crippen LogP contribution in [0.4, 0.5) is 0 Å². The smallest absolute Gasteiger partial charge is 0.125 e. The fourth-order valence-corrected chi connectivity index (χ4v) is 7.95. The van der Waals surface area contributed by atoms with Gasteiger partial charge in [-0.1, -0.05) is 103 Å². The van der Waals surface area contributed by atoms with Gasteiger partial charge in [0.05, 0.1) is 29.0 Å². The number of aliphatic hydroxyl groups is 1. The van der Waals surface area contributed by atoms with E-state index in [9.17, 15) is 9.32 Å². The van der Waals surface area contributed by atoms with Gasteiger partial charge in [-0.25, -0.2) is 8.93 Å². The van der Waals surface area contributed by atoms with E-state index in [1.807, 2.05) is 127 Å². The van der Waals surface area contributed by atoms with Gasteiger partial charge in [0, 0.05) is 20.9 Å². The van der Waals surface area contributed by atoms with E-state index in [-0.39, 0.29) is 11.9 Å². The molecule has 0 fully saturated rings. The lowest BCUT2D eigenvalue weighted by atomic mass is 9.94. The lowest BCUT2D eigenvalue weighted by Gasteiger charge is -2.33. The molecule has 5 nitrogen and oxygen atoms in total. The molecule has 42 heavy (non-hydrogen) atoms. The van der Waals surface area contributed by atoms with Gasteiger partial charge in [-0.05, 0) is 54.4 Å². The maximum atomic E-state index is 14.4. The molecule has 4 unspecified atom stereocenters. The number of hydrogen-bond donors (Lipinski definition) is 2. The van der Waals surface area contributed by atoms with Gasteiger partial charge in [-0.15, -0.1) is 11.8 Å². The minimum absolute atomic E-state index is 0.255. The average Bonchev–Trinajstić information content (AvgIpc) is 3.47. The van der Waals surface area contributed by atoms with Crippen LogP contribution >= 0.6 is 11.8 Å². The lowest BCUT2D eigenvalue weighted by molar-refractivity contribution is -0.0673. The second kappa shape index (κ2) is 14.3. The number of rotatable bonds is 13. The summed E-state index contributed by atoms with van der Waals surface area (Å²) in [5.74, 6) is 0.255. The molecule has 0 aromatic heterocycles. The molecule has 0 saturated heterocycles. The van der Waals surface area contributed by atoms with Crippen LogP contribution in [0.1, 0.15) is 17.5 Å². The molecule has 0 saturated carbocycles. The number of hydrogen-bond acceptors (Lipinski definition) is 5. The molecule has 1 aliphatic rings. The Hall–Kier alpha value is -3.17.